The zero-order chi connectivity index (χ0) is 14.8. The molecule has 4 nitrogen and oxygen atoms in total. The van der Waals surface area contributed by atoms with Crippen molar-refractivity contribution in [2.24, 2.45) is 5.73 Å². The molecule has 0 atom stereocenters. The second-order valence-electron chi connectivity index (χ2n) is 4.78. The van der Waals surface area contributed by atoms with E-state index in [9.17, 15) is 0 Å². The largest absolute Gasteiger partial charge is 0.493 e. The SMILES string of the molecule is CCCCCCOc1c(OC)cc(CCN)cc1OC. The molecule has 4 heteroatoms. The van der Waals surface area contributed by atoms with Gasteiger partial charge < -0.3 is 19.9 Å². The molecule has 0 fully saturated rings. The molecule has 0 amide bonds. The summed E-state index contributed by atoms with van der Waals surface area (Å²) in [7, 11) is 3.29. The predicted octanol–water partition coefficient (Wildman–Crippen LogP) is 3.16. The van der Waals surface area contributed by atoms with Crippen molar-refractivity contribution in [1.29, 1.82) is 0 Å². The van der Waals surface area contributed by atoms with E-state index in [1.165, 1.54) is 19.3 Å². The van der Waals surface area contributed by atoms with Crippen LogP contribution in [0.4, 0.5) is 0 Å². The van der Waals surface area contributed by atoms with Gasteiger partial charge in [-0.3, -0.25) is 0 Å². The number of benzene rings is 1. The predicted molar refractivity (Wildman–Crippen MR) is 81.9 cm³/mol. The number of rotatable bonds is 10. The Kier molecular flexibility index (Phi) is 7.88. The second kappa shape index (κ2) is 9.48. The Morgan fingerprint density at radius 3 is 2.15 bits per heavy atom. The fourth-order valence-electron chi connectivity index (χ4n) is 2.09. The molecule has 1 aromatic carbocycles. The van der Waals surface area contributed by atoms with Crippen LogP contribution in [0.1, 0.15) is 38.2 Å². The molecule has 0 saturated carbocycles. The lowest BCUT2D eigenvalue weighted by atomic mass is 10.1. The van der Waals surface area contributed by atoms with Crippen molar-refractivity contribution in [2.45, 2.75) is 39.0 Å². The van der Waals surface area contributed by atoms with Crippen molar-refractivity contribution >= 4 is 0 Å². The van der Waals surface area contributed by atoms with E-state index in [0.29, 0.717) is 30.4 Å². The van der Waals surface area contributed by atoms with Crippen LogP contribution in [0.25, 0.3) is 0 Å². The van der Waals surface area contributed by atoms with Crippen LogP contribution >= 0.6 is 0 Å². The van der Waals surface area contributed by atoms with E-state index in [0.717, 1.165) is 18.4 Å². The quantitative estimate of drug-likeness (QED) is 0.669. The van der Waals surface area contributed by atoms with Gasteiger partial charge in [-0.25, -0.2) is 0 Å². The molecule has 2 N–H and O–H groups in total. The Balaban J connectivity index is 2.76. The van der Waals surface area contributed by atoms with Gasteiger partial charge in [0, 0.05) is 0 Å². The number of unbranched alkanes of at least 4 members (excludes halogenated alkanes) is 3. The Morgan fingerprint density at radius 2 is 1.65 bits per heavy atom. The Hall–Kier alpha value is -1.42. The molecular formula is C16H27NO3. The molecule has 20 heavy (non-hydrogen) atoms. The molecule has 114 valence electrons. The summed E-state index contributed by atoms with van der Waals surface area (Å²) >= 11 is 0. The monoisotopic (exact) mass is 281 g/mol. The van der Waals surface area contributed by atoms with Crippen molar-refractivity contribution in [3.63, 3.8) is 0 Å². The second-order valence-corrected chi connectivity index (χ2v) is 4.78. The van der Waals surface area contributed by atoms with Gasteiger partial charge in [-0.05, 0) is 37.1 Å². The lowest BCUT2D eigenvalue weighted by molar-refractivity contribution is 0.267. The zero-order valence-electron chi connectivity index (χ0n) is 12.9. The number of ether oxygens (including phenoxy) is 3. The molecule has 0 spiro atoms. The standard InChI is InChI=1S/C16H27NO3/c1-4-5-6-7-10-20-16-14(18-2)11-13(8-9-17)12-15(16)19-3/h11-12H,4-10,17H2,1-3H3. The van der Waals surface area contributed by atoms with E-state index in [2.05, 4.69) is 6.92 Å². The number of methoxy groups -OCH3 is 2. The highest BCUT2D eigenvalue weighted by Crippen LogP contribution is 2.38. The summed E-state index contributed by atoms with van der Waals surface area (Å²) in [6.45, 7) is 3.48. The molecule has 0 aliphatic carbocycles. The van der Waals surface area contributed by atoms with Crippen molar-refractivity contribution in [2.75, 3.05) is 27.4 Å². The van der Waals surface area contributed by atoms with Crippen LogP contribution in [0.15, 0.2) is 12.1 Å². The highest BCUT2D eigenvalue weighted by atomic mass is 16.5. The maximum absolute atomic E-state index is 5.85. The maximum atomic E-state index is 5.85. The van der Waals surface area contributed by atoms with Gasteiger partial charge in [0.15, 0.2) is 11.5 Å². The van der Waals surface area contributed by atoms with Crippen LogP contribution in [-0.2, 0) is 6.42 Å². The Labute approximate surface area is 122 Å². The number of hydrogen-bond donors (Lipinski definition) is 1. The molecule has 0 heterocycles. The fraction of sp³-hybridized carbons (Fsp3) is 0.625. The minimum atomic E-state index is 0.601. The average Bonchev–Trinajstić information content (AvgIpc) is 2.47. The van der Waals surface area contributed by atoms with E-state index >= 15 is 0 Å². The third-order valence-corrected chi connectivity index (χ3v) is 3.20. The molecule has 1 rings (SSSR count). The fourth-order valence-corrected chi connectivity index (χ4v) is 2.09. The van der Waals surface area contributed by atoms with Gasteiger partial charge in [0.1, 0.15) is 0 Å². The zero-order valence-corrected chi connectivity index (χ0v) is 12.9. The smallest absolute Gasteiger partial charge is 0.203 e. The summed E-state index contributed by atoms with van der Waals surface area (Å²) in [6.07, 6.45) is 5.49. The van der Waals surface area contributed by atoms with E-state index in [4.69, 9.17) is 19.9 Å². The van der Waals surface area contributed by atoms with Crippen LogP contribution in [0.2, 0.25) is 0 Å². The Bertz CT molecular complexity index is 368. The maximum Gasteiger partial charge on any atom is 0.203 e. The minimum Gasteiger partial charge on any atom is -0.493 e. The molecule has 0 saturated heterocycles. The normalized spacial score (nSPS) is 10.4. The van der Waals surface area contributed by atoms with E-state index in [1.807, 2.05) is 12.1 Å². The summed E-state index contributed by atoms with van der Waals surface area (Å²) in [5.41, 5.74) is 6.69. The first-order valence-corrected chi connectivity index (χ1v) is 7.34. The first-order valence-electron chi connectivity index (χ1n) is 7.34. The highest BCUT2D eigenvalue weighted by molar-refractivity contribution is 5.53. The lowest BCUT2D eigenvalue weighted by Crippen LogP contribution is -2.05. The summed E-state index contributed by atoms with van der Waals surface area (Å²) in [4.78, 5) is 0. The third-order valence-electron chi connectivity index (χ3n) is 3.20. The van der Waals surface area contributed by atoms with Gasteiger partial charge >= 0.3 is 0 Å². The van der Waals surface area contributed by atoms with E-state index in [1.54, 1.807) is 14.2 Å². The van der Waals surface area contributed by atoms with Crippen LogP contribution in [-0.4, -0.2) is 27.4 Å². The molecule has 0 unspecified atom stereocenters. The average molecular weight is 281 g/mol. The Morgan fingerprint density at radius 1 is 1.00 bits per heavy atom. The van der Waals surface area contributed by atoms with Crippen LogP contribution in [0.3, 0.4) is 0 Å². The van der Waals surface area contributed by atoms with Crippen LogP contribution in [0.5, 0.6) is 17.2 Å². The molecule has 0 aliphatic heterocycles. The van der Waals surface area contributed by atoms with Crippen molar-refractivity contribution in [3.8, 4) is 17.2 Å². The summed E-state index contributed by atoms with van der Waals surface area (Å²) in [5.74, 6) is 2.11. The summed E-state index contributed by atoms with van der Waals surface area (Å²) in [6, 6.07) is 3.94. The van der Waals surface area contributed by atoms with Gasteiger partial charge in [0.25, 0.3) is 0 Å². The first kappa shape index (κ1) is 16.6. The van der Waals surface area contributed by atoms with Gasteiger partial charge in [-0.15, -0.1) is 0 Å². The highest BCUT2D eigenvalue weighted by Gasteiger charge is 2.13. The number of nitrogens with two attached hydrogens (primary N) is 1. The van der Waals surface area contributed by atoms with Crippen molar-refractivity contribution in [1.82, 2.24) is 0 Å². The molecule has 0 aromatic heterocycles. The van der Waals surface area contributed by atoms with Crippen molar-refractivity contribution in [3.05, 3.63) is 17.7 Å². The third kappa shape index (κ3) is 4.93. The summed E-state index contributed by atoms with van der Waals surface area (Å²) < 4.78 is 16.7. The van der Waals surface area contributed by atoms with Crippen LogP contribution < -0.4 is 19.9 Å². The van der Waals surface area contributed by atoms with E-state index < -0.39 is 0 Å². The summed E-state index contributed by atoms with van der Waals surface area (Å²) in [5, 5.41) is 0. The molecule has 0 bridgehead atoms. The molecule has 0 aliphatic rings. The number of hydrogen-bond acceptors (Lipinski definition) is 4. The molecular weight excluding hydrogens is 254 g/mol. The van der Waals surface area contributed by atoms with Gasteiger partial charge in [0.05, 0.1) is 20.8 Å². The van der Waals surface area contributed by atoms with Crippen LogP contribution in [0, 0.1) is 0 Å². The van der Waals surface area contributed by atoms with Gasteiger partial charge in [-0.1, -0.05) is 26.2 Å². The molecule has 1 aromatic rings. The minimum absolute atomic E-state index is 0.601. The molecule has 0 radical (unpaired) electrons. The lowest BCUT2D eigenvalue weighted by Gasteiger charge is -2.16. The van der Waals surface area contributed by atoms with Crippen molar-refractivity contribution < 1.29 is 14.2 Å². The first-order chi connectivity index (χ1) is 9.76. The van der Waals surface area contributed by atoms with Gasteiger partial charge in [0.2, 0.25) is 5.75 Å². The van der Waals surface area contributed by atoms with Gasteiger partial charge in [-0.2, -0.15) is 0 Å². The van der Waals surface area contributed by atoms with E-state index in [-0.39, 0.29) is 0 Å². The topological polar surface area (TPSA) is 53.7 Å².